The van der Waals surface area contributed by atoms with E-state index in [2.05, 4.69) is 5.32 Å². The number of hydrogen-bond donors (Lipinski definition) is 4. The number of aliphatic hydroxyl groups is 3. The maximum absolute atomic E-state index is 14.0. The van der Waals surface area contributed by atoms with E-state index in [-0.39, 0.29) is 32.2 Å². The largest absolute Gasteiger partial charge is 0.493 e. The van der Waals surface area contributed by atoms with E-state index in [0.717, 1.165) is 19.3 Å². The molecule has 5 rings (SSSR count). The van der Waals surface area contributed by atoms with Crippen molar-refractivity contribution < 1.29 is 34.4 Å². The number of hydrogen-bond acceptors (Lipinski definition) is 7. The molecular formula is C32H38Cl2N2O7. The summed E-state index contributed by atoms with van der Waals surface area (Å²) < 4.78 is 11.8. The van der Waals surface area contributed by atoms with Gasteiger partial charge in [0.15, 0.2) is 11.5 Å². The van der Waals surface area contributed by atoms with Gasteiger partial charge >= 0.3 is 0 Å². The molecule has 11 heteroatoms. The molecule has 232 valence electrons. The summed E-state index contributed by atoms with van der Waals surface area (Å²) >= 11 is 12.7. The molecule has 0 aromatic heterocycles. The van der Waals surface area contributed by atoms with Crippen LogP contribution in [-0.4, -0.2) is 70.5 Å². The van der Waals surface area contributed by atoms with Crippen LogP contribution in [0.5, 0.6) is 11.5 Å². The standard InChI is InChI=1S/C32H38Cl2N2O7/c1-42-26-13-19(17-38)12-22-28-23(32(41)35-10-11-37)15-25(29(40)31(28)43-30(22)26)36(16-20-7-8-21(33)14-24(20)34)27(39)9-6-18-4-2-3-5-18/h7-8,12-15,18,25,28-29,31,37-38,40H,2-6,9-11,16-17H2,1H3,(H,35,41). The fourth-order valence-electron chi connectivity index (χ4n) is 6.58. The van der Waals surface area contributed by atoms with E-state index in [1.54, 1.807) is 41.3 Å². The number of benzene rings is 2. The number of fused-ring (bicyclic) bond motifs is 3. The number of halogens is 2. The van der Waals surface area contributed by atoms with Gasteiger partial charge in [-0.1, -0.05) is 55.0 Å². The maximum Gasteiger partial charge on any atom is 0.247 e. The summed E-state index contributed by atoms with van der Waals surface area (Å²) in [5, 5.41) is 34.7. The van der Waals surface area contributed by atoms with Gasteiger partial charge in [0.25, 0.3) is 0 Å². The number of nitrogens with one attached hydrogen (secondary N) is 1. The summed E-state index contributed by atoms with van der Waals surface area (Å²) in [5.74, 6) is -0.0878. The van der Waals surface area contributed by atoms with Gasteiger partial charge in [0.2, 0.25) is 11.8 Å². The minimum Gasteiger partial charge on any atom is -0.493 e. The molecule has 3 aliphatic rings. The summed E-state index contributed by atoms with van der Waals surface area (Å²) in [6, 6.07) is 7.52. The van der Waals surface area contributed by atoms with Crippen LogP contribution in [0.4, 0.5) is 0 Å². The van der Waals surface area contributed by atoms with Crippen LogP contribution in [-0.2, 0) is 22.7 Å². The first kappa shape index (κ1) is 31.6. The topological polar surface area (TPSA) is 129 Å². The molecule has 0 bridgehead atoms. The predicted octanol–water partition coefficient (Wildman–Crippen LogP) is 4.12. The fraction of sp³-hybridized carbons (Fsp3) is 0.500. The molecule has 4 atom stereocenters. The van der Waals surface area contributed by atoms with E-state index in [0.29, 0.717) is 56.1 Å². The first-order chi connectivity index (χ1) is 20.7. The number of carbonyl (C=O) groups excluding carboxylic acids is 2. The van der Waals surface area contributed by atoms with Gasteiger partial charge in [0.1, 0.15) is 12.2 Å². The molecule has 0 spiro atoms. The quantitative estimate of drug-likeness (QED) is 0.293. The average molecular weight is 634 g/mol. The van der Waals surface area contributed by atoms with Gasteiger partial charge in [-0.15, -0.1) is 0 Å². The summed E-state index contributed by atoms with van der Waals surface area (Å²) in [4.78, 5) is 29.1. The van der Waals surface area contributed by atoms with E-state index < -0.39 is 30.1 Å². The van der Waals surface area contributed by atoms with Gasteiger partial charge in [0, 0.05) is 40.7 Å². The Balaban J connectivity index is 1.56. The lowest BCUT2D eigenvalue weighted by Gasteiger charge is -2.41. The molecule has 1 saturated carbocycles. The molecule has 4 N–H and O–H groups in total. The Bertz CT molecular complexity index is 1380. The Labute approximate surface area is 261 Å². The highest BCUT2D eigenvalue weighted by Gasteiger charge is 2.51. The van der Waals surface area contributed by atoms with Gasteiger partial charge in [0.05, 0.1) is 32.3 Å². The van der Waals surface area contributed by atoms with Crippen molar-refractivity contribution in [2.24, 2.45) is 5.92 Å². The Morgan fingerprint density at radius 2 is 1.91 bits per heavy atom. The Hall–Kier alpha value is -2.82. The van der Waals surface area contributed by atoms with E-state index >= 15 is 0 Å². The number of aliphatic hydroxyl groups excluding tert-OH is 3. The number of carbonyl (C=O) groups is 2. The monoisotopic (exact) mass is 632 g/mol. The van der Waals surface area contributed by atoms with Gasteiger partial charge in [-0.2, -0.15) is 0 Å². The van der Waals surface area contributed by atoms with E-state index in [1.165, 1.54) is 20.0 Å². The van der Waals surface area contributed by atoms with Crippen molar-refractivity contribution in [2.75, 3.05) is 20.3 Å². The van der Waals surface area contributed by atoms with Crippen molar-refractivity contribution in [2.45, 2.75) is 75.8 Å². The molecule has 2 aliphatic carbocycles. The number of ether oxygens (including phenoxy) is 2. The van der Waals surface area contributed by atoms with Crippen molar-refractivity contribution in [3.05, 3.63) is 68.7 Å². The summed E-state index contributed by atoms with van der Waals surface area (Å²) in [5.41, 5.74) is 2.10. The van der Waals surface area contributed by atoms with Crippen LogP contribution in [0.25, 0.3) is 0 Å². The zero-order chi connectivity index (χ0) is 30.7. The lowest BCUT2D eigenvalue weighted by Crippen LogP contribution is -2.55. The minimum absolute atomic E-state index is 0.0267. The smallest absolute Gasteiger partial charge is 0.247 e. The summed E-state index contributed by atoms with van der Waals surface area (Å²) in [6.45, 7) is -0.396. The zero-order valence-electron chi connectivity index (χ0n) is 24.1. The first-order valence-electron chi connectivity index (χ1n) is 14.8. The van der Waals surface area contributed by atoms with Crippen LogP contribution in [0.3, 0.4) is 0 Å². The van der Waals surface area contributed by atoms with Crippen LogP contribution in [0.15, 0.2) is 42.0 Å². The highest BCUT2D eigenvalue weighted by molar-refractivity contribution is 6.35. The number of amides is 2. The molecule has 1 heterocycles. The van der Waals surface area contributed by atoms with E-state index in [9.17, 15) is 24.9 Å². The molecule has 0 saturated heterocycles. The summed E-state index contributed by atoms with van der Waals surface area (Å²) in [6.07, 6.45) is 5.08. The van der Waals surface area contributed by atoms with Crippen molar-refractivity contribution in [3.8, 4) is 11.5 Å². The molecular weight excluding hydrogens is 595 g/mol. The van der Waals surface area contributed by atoms with Crippen LogP contribution >= 0.6 is 23.2 Å². The van der Waals surface area contributed by atoms with Crippen molar-refractivity contribution in [1.82, 2.24) is 10.2 Å². The van der Waals surface area contributed by atoms with Crippen LogP contribution in [0.2, 0.25) is 10.0 Å². The number of rotatable bonds is 11. The molecule has 2 aromatic carbocycles. The minimum atomic E-state index is -1.21. The third-order valence-electron chi connectivity index (χ3n) is 8.77. The molecule has 0 radical (unpaired) electrons. The number of nitrogens with zero attached hydrogens (tertiary/aromatic N) is 1. The first-order valence-corrected chi connectivity index (χ1v) is 15.5. The molecule has 4 unspecified atom stereocenters. The second kappa shape index (κ2) is 13.9. The molecule has 1 fully saturated rings. The van der Waals surface area contributed by atoms with E-state index in [1.807, 2.05) is 0 Å². The molecule has 2 amide bonds. The third-order valence-corrected chi connectivity index (χ3v) is 9.36. The van der Waals surface area contributed by atoms with Crippen LogP contribution < -0.4 is 14.8 Å². The zero-order valence-corrected chi connectivity index (χ0v) is 25.6. The molecule has 9 nitrogen and oxygen atoms in total. The fourth-order valence-corrected chi connectivity index (χ4v) is 7.05. The Kier molecular flexibility index (Phi) is 10.2. The van der Waals surface area contributed by atoms with Crippen molar-refractivity contribution >= 4 is 35.0 Å². The van der Waals surface area contributed by atoms with Crippen LogP contribution in [0, 0.1) is 5.92 Å². The molecule has 2 aromatic rings. The van der Waals surface area contributed by atoms with Gasteiger partial charge < -0.3 is 35.0 Å². The highest BCUT2D eigenvalue weighted by Crippen LogP contribution is 2.51. The second-order valence-electron chi connectivity index (χ2n) is 11.5. The highest BCUT2D eigenvalue weighted by atomic mass is 35.5. The number of methoxy groups -OCH3 is 1. The lowest BCUT2D eigenvalue weighted by molar-refractivity contribution is -0.138. The Morgan fingerprint density at radius 3 is 2.58 bits per heavy atom. The average Bonchev–Trinajstić information content (AvgIpc) is 3.67. The predicted molar refractivity (Wildman–Crippen MR) is 162 cm³/mol. The van der Waals surface area contributed by atoms with Crippen molar-refractivity contribution in [3.63, 3.8) is 0 Å². The third kappa shape index (κ3) is 6.66. The van der Waals surface area contributed by atoms with Gasteiger partial charge in [-0.25, -0.2) is 0 Å². The lowest BCUT2D eigenvalue weighted by atomic mass is 9.77. The second-order valence-corrected chi connectivity index (χ2v) is 12.3. The molecule has 43 heavy (non-hydrogen) atoms. The van der Waals surface area contributed by atoms with E-state index in [4.69, 9.17) is 32.7 Å². The SMILES string of the molecule is COc1cc(CO)cc2c1OC1C2C(C(=O)NCCO)=CC(N(Cc2ccc(Cl)cc2Cl)C(=O)CCC2CCCC2)C1O. The maximum atomic E-state index is 14.0. The normalized spacial score (nSPS) is 22.8. The Morgan fingerprint density at radius 1 is 1.14 bits per heavy atom. The summed E-state index contributed by atoms with van der Waals surface area (Å²) in [7, 11) is 1.48. The van der Waals surface area contributed by atoms with Crippen LogP contribution in [0.1, 0.15) is 61.1 Å². The van der Waals surface area contributed by atoms with Gasteiger partial charge in [-0.05, 0) is 53.8 Å². The van der Waals surface area contributed by atoms with Crippen molar-refractivity contribution in [1.29, 1.82) is 0 Å². The molecule has 1 aliphatic heterocycles. The van der Waals surface area contributed by atoms with Gasteiger partial charge in [-0.3, -0.25) is 9.59 Å².